The molecule has 1 aliphatic rings. The third-order valence-corrected chi connectivity index (χ3v) is 4.84. The van der Waals surface area contributed by atoms with Crippen molar-refractivity contribution >= 4 is 16.9 Å². The van der Waals surface area contributed by atoms with Crippen LogP contribution in [-0.4, -0.2) is 38.7 Å². The fraction of sp³-hybridized carbons (Fsp3) is 0.588. The predicted octanol–water partition coefficient (Wildman–Crippen LogP) is 2.57. The van der Waals surface area contributed by atoms with E-state index in [4.69, 9.17) is 4.98 Å². The Morgan fingerprint density at radius 3 is 2.91 bits per heavy atom. The summed E-state index contributed by atoms with van der Waals surface area (Å²) in [4.78, 5) is 18.9. The molecule has 1 saturated heterocycles. The normalized spacial score (nSPS) is 22.3. The maximum atomic E-state index is 12.0. The van der Waals surface area contributed by atoms with Gasteiger partial charge in [-0.3, -0.25) is 9.48 Å². The zero-order valence-corrected chi connectivity index (χ0v) is 13.9. The highest BCUT2D eigenvalue weighted by Crippen LogP contribution is 2.34. The molecule has 22 heavy (non-hydrogen) atoms. The Labute approximate surface area is 131 Å². The van der Waals surface area contributed by atoms with Crippen molar-refractivity contribution in [2.24, 2.45) is 7.05 Å². The number of carbonyl (C=O) groups excluding carboxylic acids is 1. The lowest BCUT2D eigenvalue weighted by Gasteiger charge is -2.40. The Balaban J connectivity index is 1.98. The van der Waals surface area contributed by atoms with Crippen molar-refractivity contribution in [3.8, 4) is 0 Å². The van der Waals surface area contributed by atoms with Gasteiger partial charge in [0.1, 0.15) is 0 Å². The minimum Gasteiger partial charge on any atom is -0.342 e. The van der Waals surface area contributed by atoms with Crippen LogP contribution in [-0.2, 0) is 17.3 Å². The second-order valence-corrected chi connectivity index (χ2v) is 6.61. The minimum atomic E-state index is -0.0740. The first kappa shape index (κ1) is 15.0. The van der Waals surface area contributed by atoms with E-state index in [1.54, 1.807) is 0 Å². The lowest BCUT2D eigenvalue weighted by molar-refractivity contribution is -0.133. The molecule has 0 radical (unpaired) electrons. The number of hydrogen-bond donors (Lipinski definition) is 0. The van der Waals surface area contributed by atoms with E-state index in [0.717, 1.165) is 48.4 Å². The topological polar surface area (TPSA) is 51.0 Å². The first-order chi connectivity index (χ1) is 10.4. The van der Waals surface area contributed by atoms with Gasteiger partial charge in [0, 0.05) is 37.4 Å². The Kier molecular flexibility index (Phi) is 3.67. The quantitative estimate of drug-likeness (QED) is 0.856. The zero-order chi connectivity index (χ0) is 15.9. The van der Waals surface area contributed by atoms with E-state index in [1.165, 1.54) is 0 Å². The van der Waals surface area contributed by atoms with Crippen LogP contribution >= 0.6 is 0 Å². The molecule has 1 atom stereocenters. The number of fused-ring (bicyclic) bond motifs is 1. The standard InChI is InChI=1S/C17H24N4O/c1-5-15(22)21-10-6-9-17(3,11-21)14-8-7-13-12(2)19-20(4)16(13)18-14/h7-8H,5-6,9-11H2,1-4H3/t17-/m0/s1. The van der Waals surface area contributed by atoms with Gasteiger partial charge in [-0.2, -0.15) is 5.10 Å². The maximum absolute atomic E-state index is 12.0. The summed E-state index contributed by atoms with van der Waals surface area (Å²) in [6.45, 7) is 7.79. The molecule has 0 bridgehead atoms. The highest BCUT2D eigenvalue weighted by Gasteiger charge is 2.35. The van der Waals surface area contributed by atoms with Crippen LogP contribution in [0.3, 0.4) is 0 Å². The first-order valence-corrected chi connectivity index (χ1v) is 8.03. The van der Waals surface area contributed by atoms with Crippen molar-refractivity contribution in [3.05, 3.63) is 23.5 Å². The molecular weight excluding hydrogens is 276 g/mol. The molecule has 0 aliphatic carbocycles. The molecule has 0 saturated carbocycles. The Bertz CT molecular complexity index is 721. The van der Waals surface area contributed by atoms with Gasteiger partial charge >= 0.3 is 0 Å². The van der Waals surface area contributed by atoms with E-state index in [9.17, 15) is 4.79 Å². The van der Waals surface area contributed by atoms with Gasteiger partial charge in [0.15, 0.2) is 5.65 Å². The third-order valence-electron chi connectivity index (χ3n) is 4.84. The van der Waals surface area contributed by atoms with Crippen molar-refractivity contribution in [2.45, 2.75) is 45.4 Å². The molecule has 1 amide bonds. The van der Waals surface area contributed by atoms with Gasteiger partial charge in [0.25, 0.3) is 0 Å². The van der Waals surface area contributed by atoms with E-state index in [-0.39, 0.29) is 11.3 Å². The fourth-order valence-electron chi connectivity index (χ4n) is 3.52. The molecular formula is C17H24N4O. The first-order valence-electron chi connectivity index (χ1n) is 8.03. The monoisotopic (exact) mass is 300 g/mol. The number of piperidine rings is 1. The summed E-state index contributed by atoms with van der Waals surface area (Å²) in [6.07, 6.45) is 2.67. The molecule has 3 heterocycles. The van der Waals surface area contributed by atoms with Crippen molar-refractivity contribution < 1.29 is 4.79 Å². The summed E-state index contributed by atoms with van der Waals surface area (Å²) in [5, 5.41) is 5.55. The maximum Gasteiger partial charge on any atom is 0.222 e. The molecule has 0 unspecified atom stereocenters. The van der Waals surface area contributed by atoms with Gasteiger partial charge < -0.3 is 4.90 Å². The molecule has 118 valence electrons. The fourth-order valence-corrected chi connectivity index (χ4v) is 3.52. The van der Waals surface area contributed by atoms with Gasteiger partial charge in [-0.15, -0.1) is 0 Å². The lowest BCUT2D eigenvalue weighted by Crippen LogP contribution is -2.47. The van der Waals surface area contributed by atoms with Crippen molar-refractivity contribution in [1.29, 1.82) is 0 Å². The molecule has 3 rings (SSSR count). The van der Waals surface area contributed by atoms with Crippen molar-refractivity contribution in [1.82, 2.24) is 19.7 Å². The van der Waals surface area contributed by atoms with Crippen LogP contribution in [0.1, 0.15) is 44.5 Å². The minimum absolute atomic E-state index is 0.0740. The van der Waals surface area contributed by atoms with Crippen LogP contribution < -0.4 is 0 Å². The number of likely N-dealkylation sites (tertiary alicyclic amines) is 1. The van der Waals surface area contributed by atoms with Crippen molar-refractivity contribution in [2.75, 3.05) is 13.1 Å². The van der Waals surface area contributed by atoms with Crippen LogP contribution in [0.15, 0.2) is 12.1 Å². The summed E-state index contributed by atoms with van der Waals surface area (Å²) >= 11 is 0. The molecule has 2 aromatic heterocycles. The van der Waals surface area contributed by atoms with Crippen LogP contribution in [0.4, 0.5) is 0 Å². The summed E-state index contributed by atoms with van der Waals surface area (Å²) in [7, 11) is 1.93. The van der Waals surface area contributed by atoms with Crippen LogP contribution in [0.2, 0.25) is 0 Å². The van der Waals surface area contributed by atoms with E-state index >= 15 is 0 Å². The van der Waals surface area contributed by atoms with Gasteiger partial charge in [-0.1, -0.05) is 13.8 Å². The molecule has 1 aliphatic heterocycles. The molecule has 2 aromatic rings. The largest absolute Gasteiger partial charge is 0.342 e. The van der Waals surface area contributed by atoms with E-state index in [0.29, 0.717) is 6.42 Å². The average molecular weight is 300 g/mol. The van der Waals surface area contributed by atoms with E-state index in [2.05, 4.69) is 24.2 Å². The highest BCUT2D eigenvalue weighted by molar-refractivity contribution is 5.78. The highest BCUT2D eigenvalue weighted by atomic mass is 16.2. The van der Waals surface area contributed by atoms with Crippen LogP contribution in [0.25, 0.3) is 11.0 Å². The summed E-state index contributed by atoms with van der Waals surface area (Å²) in [6, 6.07) is 4.22. The molecule has 5 nitrogen and oxygen atoms in total. The van der Waals surface area contributed by atoms with Gasteiger partial charge in [0.2, 0.25) is 5.91 Å². The van der Waals surface area contributed by atoms with E-state index in [1.807, 2.05) is 30.5 Å². The molecule has 5 heteroatoms. The van der Waals surface area contributed by atoms with Crippen molar-refractivity contribution in [3.63, 3.8) is 0 Å². The molecule has 0 aromatic carbocycles. The molecule has 0 spiro atoms. The zero-order valence-electron chi connectivity index (χ0n) is 13.9. The summed E-state index contributed by atoms with van der Waals surface area (Å²) < 4.78 is 1.84. The van der Waals surface area contributed by atoms with Gasteiger partial charge in [-0.05, 0) is 31.9 Å². The summed E-state index contributed by atoms with van der Waals surface area (Å²) in [5.41, 5.74) is 2.93. The van der Waals surface area contributed by atoms with Crippen LogP contribution in [0.5, 0.6) is 0 Å². The Morgan fingerprint density at radius 1 is 1.41 bits per heavy atom. The third kappa shape index (κ3) is 2.38. The number of aromatic nitrogens is 3. The summed E-state index contributed by atoms with van der Waals surface area (Å²) in [5.74, 6) is 0.239. The number of aryl methyl sites for hydroxylation is 2. The Morgan fingerprint density at radius 2 is 2.18 bits per heavy atom. The number of hydrogen-bond acceptors (Lipinski definition) is 3. The number of carbonyl (C=O) groups is 1. The molecule has 0 N–H and O–H groups in total. The smallest absolute Gasteiger partial charge is 0.222 e. The van der Waals surface area contributed by atoms with E-state index < -0.39 is 0 Å². The SMILES string of the molecule is CCC(=O)N1CCC[C@](C)(c2ccc3c(C)nn(C)c3n2)C1. The number of amides is 1. The molecule has 1 fully saturated rings. The number of rotatable bonds is 2. The number of nitrogens with zero attached hydrogens (tertiary/aromatic N) is 4. The average Bonchev–Trinajstić information content (AvgIpc) is 2.81. The van der Waals surface area contributed by atoms with Crippen LogP contribution in [0, 0.1) is 6.92 Å². The predicted molar refractivity (Wildman–Crippen MR) is 86.7 cm³/mol. The number of pyridine rings is 1. The van der Waals surface area contributed by atoms with Gasteiger partial charge in [0.05, 0.1) is 11.4 Å². The Hall–Kier alpha value is -1.91. The lowest BCUT2D eigenvalue weighted by atomic mass is 9.78. The van der Waals surface area contributed by atoms with Gasteiger partial charge in [-0.25, -0.2) is 4.98 Å². The second-order valence-electron chi connectivity index (χ2n) is 6.61. The second kappa shape index (κ2) is 5.38.